The summed E-state index contributed by atoms with van der Waals surface area (Å²) in [6, 6.07) is 15.9. The average molecular weight is 731 g/mol. The van der Waals surface area contributed by atoms with E-state index in [1.165, 1.54) is 0 Å². The Morgan fingerprint density at radius 3 is 1.44 bits per heavy atom. The maximum absolute atomic E-state index is 9.67. The molecule has 0 bridgehead atoms. The van der Waals surface area contributed by atoms with Crippen LogP contribution in [0.15, 0.2) is 58.5 Å². The molecule has 0 saturated carbocycles. The molecule has 0 spiro atoms. The van der Waals surface area contributed by atoms with Crippen molar-refractivity contribution in [1.82, 2.24) is 9.80 Å². The van der Waals surface area contributed by atoms with Crippen LogP contribution in [0.2, 0.25) is 0 Å². The number of hydrogen-bond donors (Lipinski definition) is 1. The van der Waals surface area contributed by atoms with Crippen molar-refractivity contribution in [2.24, 2.45) is 21.8 Å². The summed E-state index contributed by atoms with van der Waals surface area (Å²) in [5.74, 6) is 2.07. The summed E-state index contributed by atoms with van der Waals surface area (Å²) in [7, 11) is 11.3. The van der Waals surface area contributed by atoms with Crippen LogP contribution in [0.4, 0.5) is 0 Å². The third-order valence-corrected chi connectivity index (χ3v) is 12.2. The molecule has 2 aromatic rings. The standard InChI is InChI=1S/C19H28N2O3S.C18H26N2O4S/c1-6-15-12(2)17(16-18(24-15)25-19(20-16)21(3)4)23-11-13-7-9-14(22-5)10-8-13;1-11-14(9-21)24-17-15(19-18(25-17)20(2)3)16(11)23-10-12-5-7-13(22-4)8-6-12/h7-10,12,15-18H,6,11H2,1-5H3;5-8,11,14-17,21H,9-10H2,1-4H3/t12-,15-,16-,17+,18-;11-,14-,15-,16+,17-/m11/s1. The summed E-state index contributed by atoms with van der Waals surface area (Å²) in [6.45, 7) is 7.52. The fraction of sp³-hybridized carbons (Fsp3) is 0.622. The molecule has 4 heterocycles. The fourth-order valence-corrected chi connectivity index (χ4v) is 8.85. The summed E-state index contributed by atoms with van der Waals surface area (Å²) in [5, 5.41) is 11.6. The highest BCUT2D eigenvalue weighted by atomic mass is 32.2. The maximum Gasteiger partial charge on any atom is 0.161 e. The highest BCUT2D eigenvalue weighted by Gasteiger charge is 2.49. The first-order valence-electron chi connectivity index (χ1n) is 17.3. The Morgan fingerprint density at radius 1 is 0.680 bits per heavy atom. The molecule has 4 aliphatic rings. The van der Waals surface area contributed by atoms with E-state index in [4.69, 9.17) is 38.4 Å². The van der Waals surface area contributed by atoms with Crippen LogP contribution in [0.25, 0.3) is 0 Å². The van der Waals surface area contributed by atoms with Crippen LogP contribution >= 0.6 is 23.5 Å². The summed E-state index contributed by atoms with van der Waals surface area (Å²) >= 11 is 3.31. The number of nitrogens with zero attached hydrogens (tertiary/aromatic N) is 4. The van der Waals surface area contributed by atoms with E-state index >= 15 is 0 Å². The predicted octanol–water partition coefficient (Wildman–Crippen LogP) is 5.35. The third-order valence-electron chi connectivity index (χ3n) is 9.57. The Morgan fingerprint density at radius 2 is 1.08 bits per heavy atom. The van der Waals surface area contributed by atoms with E-state index in [9.17, 15) is 5.11 Å². The van der Waals surface area contributed by atoms with Gasteiger partial charge in [-0.1, -0.05) is 68.6 Å². The number of aliphatic hydroxyl groups excluding tert-OH is 1. The summed E-state index contributed by atoms with van der Waals surface area (Å²) in [4.78, 5) is 13.7. The second kappa shape index (κ2) is 17.8. The van der Waals surface area contributed by atoms with E-state index in [0.717, 1.165) is 39.4 Å². The van der Waals surface area contributed by atoms with Gasteiger partial charge in [0.1, 0.15) is 34.5 Å². The van der Waals surface area contributed by atoms with Gasteiger partial charge in [0, 0.05) is 40.0 Å². The number of aliphatic hydroxyl groups is 1. The van der Waals surface area contributed by atoms with Gasteiger partial charge in [-0.15, -0.1) is 0 Å². The molecule has 0 aromatic heterocycles. The normalized spacial score (nSPS) is 31.4. The number of rotatable bonds is 10. The molecular weight excluding hydrogens is 677 g/mol. The first-order valence-corrected chi connectivity index (χ1v) is 19.1. The topological polar surface area (TPSA) is 107 Å². The smallest absolute Gasteiger partial charge is 0.161 e. The van der Waals surface area contributed by atoms with Gasteiger partial charge in [-0.05, 0) is 41.8 Å². The van der Waals surface area contributed by atoms with Crippen molar-refractivity contribution in [3.8, 4) is 11.5 Å². The molecule has 2 fully saturated rings. The molecule has 4 aliphatic heterocycles. The van der Waals surface area contributed by atoms with Crippen LogP contribution in [0, 0.1) is 11.8 Å². The van der Waals surface area contributed by atoms with Crippen molar-refractivity contribution in [3.63, 3.8) is 0 Å². The first-order chi connectivity index (χ1) is 24.1. The monoisotopic (exact) mass is 730 g/mol. The zero-order valence-corrected chi connectivity index (χ0v) is 32.4. The molecule has 11 nitrogen and oxygen atoms in total. The minimum atomic E-state index is -0.230. The van der Waals surface area contributed by atoms with E-state index in [1.807, 2.05) is 69.5 Å². The van der Waals surface area contributed by atoms with Gasteiger partial charge in [-0.3, -0.25) is 9.98 Å². The van der Waals surface area contributed by atoms with Gasteiger partial charge in [0.05, 0.1) is 58.5 Å². The Kier molecular flexibility index (Phi) is 13.8. The molecule has 0 unspecified atom stereocenters. The van der Waals surface area contributed by atoms with Crippen molar-refractivity contribution >= 4 is 33.9 Å². The van der Waals surface area contributed by atoms with E-state index in [-0.39, 0.29) is 59.9 Å². The summed E-state index contributed by atoms with van der Waals surface area (Å²) in [5.41, 5.74) is 2.18. The number of amidine groups is 2. The summed E-state index contributed by atoms with van der Waals surface area (Å²) < 4.78 is 35.4. The van der Waals surface area contributed by atoms with Crippen molar-refractivity contribution in [2.45, 2.75) is 87.8 Å². The Bertz CT molecular complexity index is 1320. The molecule has 0 aliphatic carbocycles. The Hall–Kier alpha value is -2.52. The first kappa shape index (κ1) is 38.7. The van der Waals surface area contributed by atoms with Gasteiger partial charge in [0.25, 0.3) is 0 Å². The van der Waals surface area contributed by atoms with Gasteiger partial charge < -0.3 is 43.3 Å². The highest BCUT2D eigenvalue weighted by Crippen LogP contribution is 2.42. The number of aliphatic imine (C=N–C) groups is 2. The highest BCUT2D eigenvalue weighted by molar-refractivity contribution is 8.14. The lowest BCUT2D eigenvalue weighted by atomic mass is 9.88. The van der Waals surface area contributed by atoms with Crippen LogP contribution in [-0.2, 0) is 32.2 Å². The number of methoxy groups -OCH3 is 2. The number of fused-ring (bicyclic) bond motifs is 2. The zero-order chi connectivity index (χ0) is 35.9. The van der Waals surface area contributed by atoms with E-state index in [2.05, 4.69) is 37.8 Å². The molecule has 50 heavy (non-hydrogen) atoms. The average Bonchev–Trinajstić information content (AvgIpc) is 3.76. The number of ether oxygens (including phenoxy) is 6. The van der Waals surface area contributed by atoms with Gasteiger partial charge >= 0.3 is 0 Å². The molecular formula is C37H54N4O7S2. The molecule has 6 rings (SSSR count). The van der Waals surface area contributed by atoms with Crippen LogP contribution in [-0.4, -0.2) is 122 Å². The minimum Gasteiger partial charge on any atom is -0.497 e. The number of thioether (sulfide) groups is 2. The van der Waals surface area contributed by atoms with E-state index in [0.29, 0.717) is 19.1 Å². The van der Waals surface area contributed by atoms with Crippen LogP contribution in [0.5, 0.6) is 11.5 Å². The molecule has 0 amide bonds. The van der Waals surface area contributed by atoms with Gasteiger partial charge in [-0.25, -0.2) is 0 Å². The fourth-order valence-electron chi connectivity index (χ4n) is 6.54. The molecule has 0 radical (unpaired) electrons. The van der Waals surface area contributed by atoms with Crippen molar-refractivity contribution in [3.05, 3.63) is 59.7 Å². The van der Waals surface area contributed by atoms with Crippen LogP contribution < -0.4 is 9.47 Å². The molecule has 1 N–H and O–H groups in total. The van der Waals surface area contributed by atoms with Gasteiger partial charge in [-0.2, -0.15) is 0 Å². The zero-order valence-electron chi connectivity index (χ0n) is 30.7. The molecule has 13 heteroatoms. The van der Waals surface area contributed by atoms with E-state index in [1.54, 1.807) is 37.7 Å². The lowest BCUT2D eigenvalue weighted by Gasteiger charge is -2.41. The van der Waals surface area contributed by atoms with E-state index < -0.39 is 0 Å². The maximum atomic E-state index is 9.67. The molecule has 2 saturated heterocycles. The molecule has 10 atom stereocenters. The van der Waals surface area contributed by atoms with Gasteiger partial charge in [0.15, 0.2) is 10.3 Å². The lowest BCUT2D eigenvalue weighted by Crippen LogP contribution is -2.52. The Balaban J connectivity index is 0.000000194. The van der Waals surface area contributed by atoms with Crippen LogP contribution in [0.3, 0.4) is 0 Å². The second-order valence-electron chi connectivity index (χ2n) is 13.5. The predicted molar refractivity (Wildman–Crippen MR) is 201 cm³/mol. The van der Waals surface area contributed by atoms with Crippen molar-refractivity contribution in [2.75, 3.05) is 49.0 Å². The molecule has 2 aromatic carbocycles. The SMILES string of the molecule is CC[C@H]1O[C@@H]2SC(N(C)C)=N[C@@H]2[C@@H](OCc2ccc(OC)cc2)[C@@H]1C.COc1ccc(CO[C@H]2[C@H](C)[C@@H](CO)O[C@@H]3SC(N(C)C)=N[C@H]23)cc1. The minimum absolute atomic E-state index is 0.00929. The largest absolute Gasteiger partial charge is 0.497 e. The Labute approximate surface area is 306 Å². The number of benzene rings is 2. The molecule has 276 valence electrons. The van der Waals surface area contributed by atoms with Crippen molar-refractivity contribution < 1.29 is 33.5 Å². The quantitative estimate of drug-likeness (QED) is 0.342. The van der Waals surface area contributed by atoms with Gasteiger partial charge in [0.2, 0.25) is 0 Å². The third kappa shape index (κ3) is 9.09. The van der Waals surface area contributed by atoms with Crippen LogP contribution in [0.1, 0.15) is 38.3 Å². The number of hydrogen-bond acceptors (Lipinski definition) is 13. The lowest BCUT2D eigenvalue weighted by molar-refractivity contribution is -0.148. The second-order valence-corrected chi connectivity index (χ2v) is 15.6. The van der Waals surface area contributed by atoms with Crippen molar-refractivity contribution in [1.29, 1.82) is 0 Å². The summed E-state index contributed by atoms with van der Waals surface area (Å²) in [6.07, 6.45) is 0.946.